The van der Waals surface area contributed by atoms with Gasteiger partial charge < -0.3 is 5.32 Å². The third kappa shape index (κ3) is 2.82. The van der Waals surface area contributed by atoms with E-state index in [-0.39, 0.29) is 12.1 Å². The maximum atomic E-state index is 13.1. The number of hydrogen-bond donors (Lipinski definition) is 1. The molecule has 1 aromatic heterocycles. The lowest BCUT2D eigenvalue weighted by Crippen LogP contribution is -2.33. The van der Waals surface area contributed by atoms with E-state index in [4.69, 9.17) is 11.6 Å². The number of rotatable bonds is 3. The zero-order valence-corrected chi connectivity index (χ0v) is 15.3. The van der Waals surface area contributed by atoms with Gasteiger partial charge in [-0.3, -0.25) is 9.69 Å². The molecule has 5 heteroatoms. The summed E-state index contributed by atoms with van der Waals surface area (Å²) in [5, 5.41) is 4.13. The van der Waals surface area contributed by atoms with Crippen molar-refractivity contribution < 1.29 is 4.79 Å². The van der Waals surface area contributed by atoms with Crippen LogP contribution in [0.4, 0.5) is 11.5 Å². The van der Waals surface area contributed by atoms with E-state index >= 15 is 0 Å². The molecule has 1 amide bonds. The number of carbonyl (C=O) groups is 1. The summed E-state index contributed by atoms with van der Waals surface area (Å²) in [6.45, 7) is 3.95. The molecule has 1 atom stereocenters. The van der Waals surface area contributed by atoms with Gasteiger partial charge in [-0.2, -0.15) is 0 Å². The van der Waals surface area contributed by atoms with Crippen LogP contribution in [0.3, 0.4) is 0 Å². The van der Waals surface area contributed by atoms with Crippen LogP contribution in [0.1, 0.15) is 33.2 Å². The molecule has 0 radical (unpaired) electrons. The van der Waals surface area contributed by atoms with Crippen molar-refractivity contribution >= 4 is 29.0 Å². The normalized spacial score (nSPS) is 15.9. The molecule has 1 aliphatic heterocycles. The highest BCUT2D eigenvalue weighted by molar-refractivity contribution is 6.31. The Morgan fingerprint density at radius 1 is 1.08 bits per heavy atom. The summed E-state index contributed by atoms with van der Waals surface area (Å²) in [5.41, 5.74) is 4.53. The fourth-order valence-electron chi connectivity index (χ4n) is 3.19. The van der Waals surface area contributed by atoms with Crippen molar-refractivity contribution in [3.8, 4) is 0 Å². The highest BCUT2D eigenvalue weighted by Crippen LogP contribution is 2.37. The maximum absolute atomic E-state index is 13.1. The van der Waals surface area contributed by atoms with Crippen LogP contribution < -0.4 is 10.2 Å². The van der Waals surface area contributed by atoms with E-state index in [0.29, 0.717) is 16.4 Å². The predicted octanol–water partition coefficient (Wildman–Crippen LogP) is 5.12. The number of halogens is 1. The Kier molecular flexibility index (Phi) is 4.13. The first-order chi connectivity index (χ1) is 12.5. The second-order valence-electron chi connectivity index (χ2n) is 6.46. The van der Waals surface area contributed by atoms with Crippen molar-refractivity contribution in [3.05, 3.63) is 88.1 Å². The molecule has 4 rings (SSSR count). The summed E-state index contributed by atoms with van der Waals surface area (Å²) >= 11 is 6.27. The van der Waals surface area contributed by atoms with Gasteiger partial charge in [-0.15, -0.1) is 0 Å². The maximum Gasteiger partial charge on any atom is 0.261 e. The Morgan fingerprint density at radius 3 is 2.65 bits per heavy atom. The molecule has 1 aliphatic rings. The van der Waals surface area contributed by atoms with Gasteiger partial charge in [0.25, 0.3) is 5.91 Å². The standard InChI is InChI=1S/C21H18ClN3O/c1-13-9-10-23-19(11-13)25-20(16-5-3-4-6-17(16)21(25)26)24-15-8-7-14(2)18(22)12-15/h3-12,20,24H,1-2H3. The van der Waals surface area contributed by atoms with Crippen molar-refractivity contribution in [1.82, 2.24) is 4.98 Å². The molecule has 0 spiro atoms. The number of nitrogens with one attached hydrogen (secondary N) is 1. The Hall–Kier alpha value is -2.85. The monoisotopic (exact) mass is 363 g/mol. The fourth-order valence-corrected chi connectivity index (χ4v) is 3.37. The first kappa shape index (κ1) is 16.6. The van der Waals surface area contributed by atoms with E-state index in [1.165, 1.54) is 0 Å². The molecule has 4 nitrogen and oxygen atoms in total. The van der Waals surface area contributed by atoms with Crippen LogP contribution in [0, 0.1) is 13.8 Å². The molecule has 0 saturated carbocycles. The average Bonchev–Trinajstić information content (AvgIpc) is 2.91. The van der Waals surface area contributed by atoms with Crippen molar-refractivity contribution in [2.24, 2.45) is 0 Å². The minimum atomic E-state index is -0.341. The van der Waals surface area contributed by atoms with E-state index in [1.54, 1.807) is 11.1 Å². The highest BCUT2D eigenvalue weighted by Gasteiger charge is 2.38. The SMILES string of the molecule is Cc1ccnc(N2C(=O)c3ccccc3C2Nc2ccc(C)c(Cl)c2)c1. The smallest absolute Gasteiger partial charge is 0.261 e. The number of fused-ring (bicyclic) bond motifs is 1. The number of benzene rings is 2. The molecule has 2 aromatic carbocycles. The minimum absolute atomic E-state index is 0.0607. The van der Waals surface area contributed by atoms with Crippen LogP contribution in [0.25, 0.3) is 0 Å². The molecular formula is C21H18ClN3O. The topological polar surface area (TPSA) is 45.2 Å². The lowest BCUT2D eigenvalue weighted by Gasteiger charge is -2.26. The molecule has 130 valence electrons. The number of nitrogens with zero attached hydrogens (tertiary/aromatic N) is 2. The Balaban J connectivity index is 1.79. The summed E-state index contributed by atoms with van der Waals surface area (Å²) in [7, 11) is 0. The van der Waals surface area contributed by atoms with Crippen LogP contribution in [0.2, 0.25) is 5.02 Å². The quantitative estimate of drug-likeness (QED) is 0.702. The lowest BCUT2D eigenvalue weighted by molar-refractivity contribution is 0.0992. The number of hydrogen-bond acceptors (Lipinski definition) is 3. The van der Waals surface area contributed by atoms with Gasteiger partial charge in [0, 0.05) is 28.0 Å². The van der Waals surface area contributed by atoms with Gasteiger partial charge in [-0.25, -0.2) is 4.98 Å². The Bertz CT molecular complexity index is 1000. The van der Waals surface area contributed by atoms with E-state index in [2.05, 4.69) is 10.3 Å². The van der Waals surface area contributed by atoms with Crippen molar-refractivity contribution in [2.75, 3.05) is 10.2 Å². The van der Waals surface area contributed by atoms with Gasteiger partial charge in [-0.1, -0.05) is 35.9 Å². The fraction of sp³-hybridized carbons (Fsp3) is 0.143. The first-order valence-corrected chi connectivity index (χ1v) is 8.80. The van der Waals surface area contributed by atoms with Crippen LogP contribution in [0.5, 0.6) is 0 Å². The molecule has 26 heavy (non-hydrogen) atoms. The third-order valence-corrected chi connectivity index (χ3v) is 4.99. The number of aryl methyl sites for hydroxylation is 2. The molecule has 0 saturated heterocycles. The number of amides is 1. The molecule has 0 bridgehead atoms. The summed E-state index contributed by atoms with van der Waals surface area (Å²) < 4.78 is 0. The van der Waals surface area contributed by atoms with Gasteiger partial charge in [0.15, 0.2) is 0 Å². The molecule has 1 N–H and O–H groups in total. The molecular weight excluding hydrogens is 346 g/mol. The van der Waals surface area contributed by atoms with Crippen LogP contribution in [-0.2, 0) is 0 Å². The van der Waals surface area contributed by atoms with Crippen LogP contribution in [0.15, 0.2) is 60.8 Å². The molecule has 0 aliphatic carbocycles. The Labute approximate surface area is 157 Å². The van der Waals surface area contributed by atoms with Gasteiger partial charge in [-0.05, 0) is 55.3 Å². The molecule has 1 unspecified atom stereocenters. The van der Waals surface area contributed by atoms with Crippen LogP contribution in [-0.4, -0.2) is 10.9 Å². The van der Waals surface area contributed by atoms with E-state index < -0.39 is 0 Å². The zero-order valence-electron chi connectivity index (χ0n) is 14.5. The second kappa shape index (κ2) is 6.46. The van der Waals surface area contributed by atoms with Gasteiger partial charge in [0.2, 0.25) is 0 Å². The number of carbonyl (C=O) groups excluding carboxylic acids is 1. The third-order valence-electron chi connectivity index (χ3n) is 4.59. The van der Waals surface area contributed by atoms with E-state index in [1.807, 2.05) is 68.4 Å². The van der Waals surface area contributed by atoms with Crippen LogP contribution >= 0.6 is 11.6 Å². The minimum Gasteiger partial charge on any atom is -0.361 e. The first-order valence-electron chi connectivity index (χ1n) is 8.42. The number of aromatic nitrogens is 1. The summed E-state index contributed by atoms with van der Waals surface area (Å²) in [6, 6.07) is 17.3. The predicted molar refractivity (Wildman–Crippen MR) is 105 cm³/mol. The van der Waals surface area contributed by atoms with E-state index in [0.717, 1.165) is 22.4 Å². The van der Waals surface area contributed by atoms with Gasteiger partial charge in [0.05, 0.1) is 0 Å². The van der Waals surface area contributed by atoms with E-state index in [9.17, 15) is 4.79 Å². The van der Waals surface area contributed by atoms with Gasteiger partial charge in [0.1, 0.15) is 12.0 Å². The van der Waals surface area contributed by atoms with Crippen molar-refractivity contribution in [2.45, 2.75) is 20.0 Å². The Morgan fingerprint density at radius 2 is 1.88 bits per heavy atom. The summed E-state index contributed by atoms with van der Waals surface area (Å²) in [6.07, 6.45) is 1.38. The summed E-state index contributed by atoms with van der Waals surface area (Å²) in [5.74, 6) is 0.566. The summed E-state index contributed by atoms with van der Waals surface area (Å²) in [4.78, 5) is 19.2. The van der Waals surface area contributed by atoms with Crippen molar-refractivity contribution in [3.63, 3.8) is 0 Å². The highest BCUT2D eigenvalue weighted by atomic mass is 35.5. The average molecular weight is 364 g/mol. The van der Waals surface area contributed by atoms with Crippen molar-refractivity contribution in [1.29, 1.82) is 0 Å². The lowest BCUT2D eigenvalue weighted by atomic mass is 10.1. The molecule has 0 fully saturated rings. The molecule has 2 heterocycles. The zero-order chi connectivity index (χ0) is 18.3. The number of anilines is 2. The molecule has 3 aromatic rings. The largest absolute Gasteiger partial charge is 0.361 e. The second-order valence-corrected chi connectivity index (χ2v) is 6.87. The number of pyridine rings is 1. The van der Waals surface area contributed by atoms with Gasteiger partial charge >= 0.3 is 0 Å².